The van der Waals surface area contributed by atoms with Gasteiger partial charge in [-0.05, 0) is 32.7 Å². The van der Waals surface area contributed by atoms with Gasteiger partial charge >= 0.3 is 0 Å². The van der Waals surface area contributed by atoms with Gasteiger partial charge in [-0.3, -0.25) is 0 Å². The van der Waals surface area contributed by atoms with Crippen molar-refractivity contribution in [2.75, 3.05) is 13.6 Å². The van der Waals surface area contributed by atoms with Gasteiger partial charge in [0.2, 0.25) is 0 Å². The largest absolute Gasteiger partial charge is 0.330 e. The van der Waals surface area contributed by atoms with E-state index >= 15 is 0 Å². The van der Waals surface area contributed by atoms with Crippen LogP contribution in [0.15, 0.2) is 0 Å². The fourth-order valence-electron chi connectivity index (χ4n) is 2.81. The Kier molecular flexibility index (Phi) is 2.68. The second-order valence-electron chi connectivity index (χ2n) is 4.97. The third kappa shape index (κ3) is 1.66. The van der Waals surface area contributed by atoms with Crippen molar-refractivity contribution in [2.45, 2.75) is 44.1 Å². The lowest BCUT2D eigenvalue weighted by Crippen LogP contribution is -2.24. The number of halogens is 1. The van der Waals surface area contributed by atoms with Crippen LogP contribution in [0.4, 0.5) is 0 Å². The number of imidazole rings is 1. The highest BCUT2D eigenvalue weighted by Crippen LogP contribution is 2.43. The van der Waals surface area contributed by atoms with Crippen molar-refractivity contribution >= 4 is 11.6 Å². The van der Waals surface area contributed by atoms with Gasteiger partial charge in [-0.15, -0.1) is 0 Å². The highest BCUT2D eigenvalue weighted by Gasteiger charge is 2.34. The van der Waals surface area contributed by atoms with Crippen molar-refractivity contribution in [1.82, 2.24) is 14.9 Å². The number of rotatable bonds is 3. The lowest BCUT2D eigenvalue weighted by atomic mass is 9.96. The summed E-state index contributed by atoms with van der Waals surface area (Å²) < 4.78 is 2.39. The minimum absolute atomic E-state index is 0.547. The summed E-state index contributed by atoms with van der Waals surface area (Å²) in [7, 11) is 2.00. The molecule has 1 aliphatic carbocycles. The molecule has 3 nitrogen and oxygen atoms in total. The Bertz CT molecular complexity index is 395. The van der Waals surface area contributed by atoms with E-state index in [1.807, 2.05) is 7.05 Å². The first-order valence-electron chi connectivity index (χ1n) is 6.21. The molecule has 1 fully saturated rings. The van der Waals surface area contributed by atoms with E-state index in [-0.39, 0.29) is 0 Å². The zero-order valence-corrected chi connectivity index (χ0v) is 10.4. The van der Waals surface area contributed by atoms with Crippen LogP contribution in [-0.4, -0.2) is 23.1 Å². The van der Waals surface area contributed by atoms with Crippen molar-refractivity contribution in [3.63, 3.8) is 0 Å². The molecule has 4 heteroatoms. The van der Waals surface area contributed by atoms with Gasteiger partial charge in [0.1, 0.15) is 5.82 Å². The third-order valence-electron chi connectivity index (χ3n) is 3.71. The van der Waals surface area contributed by atoms with E-state index in [1.165, 1.54) is 37.2 Å². The highest BCUT2D eigenvalue weighted by atomic mass is 35.5. The molecule has 0 radical (unpaired) electrons. The normalized spacial score (nSPS) is 24.5. The minimum atomic E-state index is 0.547. The molecule has 2 aliphatic rings. The van der Waals surface area contributed by atoms with Crippen LogP contribution in [0.3, 0.4) is 0 Å². The Morgan fingerprint density at radius 3 is 2.94 bits per heavy atom. The number of fused-ring (bicyclic) bond motifs is 1. The summed E-state index contributed by atoms with van der Waals surface area (Å²) in [6.07, 6.45) is 5.08. The monoisotopic (exact) mass is 239 g/mol. The number of hydrogen-bond donors (Lipinski definition) is 1. The van der Waals surface area contributed by atoms with Crippen molar-refractivity contribution < 1.29 is 0 Å². The summed E-state index contributed by atoms with van der Waals surface area (Å²) in [5, 5.41) is 4.01. The summed E-state index contributed by atoms with van der Waals surface area (Å²) in [4.78, 5) is 4.59. The van der Waals surface area contributed by atoms with Crippen LogP contribution < -0.4 is 5.32 Å². The molecule has 1 N–H and O–H groups in total. The second kappa shape index (κ2) is 4.04. The maximum Gasteiger partial charge on any atom is 0.150 e. The van der Waals surface area contributed by atoms with Crippen LogP contribution >= 0.6 is 11.6 Å². The van der Waals surface area contributed by atoms with Crippen LogP contribution in [0.5, 0.6) is 0 Å². The minimum Gasteiger partial charge on any atom is -0.330 e. The van der Waals surface area contributed by atoms with Gasteiger partial charge in [0.05, 0.1) is 5.69 Å². The smallest absolute Gasteiger partial charge is 0.150 e. The fraction of sp³-hybridized carbons (Fsp3) is 0.750. The lowest BCUT2D eigenvalue weighted by Gasteiger charge is -2.25. The molecule has 0 amide bonds. The Morgan fingerprint density at radius 1 is 1.44 bits per heavy atom. The van der Waals surface area contributed by atoms with E-state index in [0.717, 1.165) is 18.2 Å². The molecular weight excluding hydrogens is 222 g/mol. The molecule has 0 bridgehead atoms. The van der Waals surface area contributed by atoms with E-state index in [2.05, 4.69) is 14.9 Å². The average Bonchev–Trinajstić information content (AvgIpc) is 3.05. The molecular formula is C12H18ClN3. The quantitative estimate of drug-likeness (QED) is 0.879. The van der Waals surface area contributed by atoms with Gasteiger partial charge in [-0.1, -0.05) is 11.6 Å². The van der Waals surface area contributed by atoms with E-state index in [4.69, 9.17) is 11.6 Å². The molecule has 1 aromatic rings. The standard InChI is InChI=1S/C12H18ClN3/c1-14-7-9-3-2-6-16-10(9)11(13)15-12(16)8-4-5-8/h8-9,14H,2-7H2,1H3. The molecule has 3 rings (SSSR count). The van der Waals surface area contributed by atoms with Crippen molar-refractivity contribution in [3.8, 4) is 0 Å². The molecule has 0 aromatic carbocycles. The zero-order valence-electron chi connectivity index (χ0n) is 9.67. The molecule has 1 aromatic heterocycles. The fourth-order valence-corrected chi connectivity index (χ4v) is 3.15. The van der Waals surface area contributed by atoms with Gasteiger partial charge in [-0.25, -0.2) is 4.98 Å². The van der Waals surface area contributed by atoms with Crippen LogP contribution in [0.1, 0.15) is 49.0 Å². The van der Waals surface area contributed by atoms with Crippen molar-refractivity contribution in [2.24, 2.45) is 0 Å². The van der Waals surface area contributed by atoms with Crippen LogP contribution in [-0.2, 0) is 6.54 Å². The summed E-state index contributed by atoms with van der Waals surface area (Å²) in [5.41, 5.74) is 1.28. The molecule has 1 aliphatic heterocycles. The van der Waals surface area contributed by atoms with Crippen LogP contribution in [0, 0.1) is 0 Å². The summed E-state index contributed by atoms with van der Waals surface area (Å²) in [6.45, 7) is 2.12. The maximum absolute atomic E-state index is 6.31. The summed E-state index contributed by atoms with van der Waals surface area (Å²) >= 11 is 6.31. The number of hydrogen-bond acceptors (Lipinski definition) is 2. The SMILES string of the molecule is CNCC1CCCn2c(C3CC3)nc(Cl)c21. The highest BCUT2D eigenvalue weighted by molar-refractivity contribution is 6.30. The van der Waals surface area contributed by atoms with Gasteiger partial charge in [-0.2, -0.15) is 0 Å². The van der Waals surface area contributed by atoms with E-state index in [0.29, 0.717) is 11.8 Å². The van der Waals surface area contributed by atoms with E-state index < -0.39 is 0 Å². The molecule has 0 saturated heterocycles. The topological polar surface area (TPSA) is 29.9 Å². The Hall–Kier alpha value is -0.540. The maximum atomic E-state index is 6.31. The molecule has 0 spiro atoms. The molecule has 1 saturated carbocycles. The van der Waals surface area contributed by atoms with Gasteiger partial charge in [0.25, 0.3) is 0 Å². The lowest BCUT2D eigenvalue weighted by molar-refractivity contribution is 0.434. The molecule has 1 atom stereocenters. The summed E-state index contributed by atoms with van der Waals surface area (Å²) in [5.74, 6) is 2.49. The predicted molar refractivity (Wildman–Crippen MR) is 65.1 cm³/mol. The Labute approximate surface area is 101 Å². The Balaban J connectivity index is 1.99. The van der Waals surface area contributed by atoms with Crippen LogP contribution in [0.25, 0.3) is 0 Å². The van der Waals surface area contributed by atoms with Crippen molar-refractivity contribution in [1.29, 1.82) is 0 Å². The molecule has 2 heterocycles. The number of likely N-dealkylation sites (N-methyl/N-ethyl adjacent to an activating group) is 1. The first-order valence-corrected chi connectivity index (χ1v) is 6.59. The van der Waals surface area contributed by atoms with E-state index in [9.17, 15) is 0 Å². The third-order valence-corrected chi connectivity index (χ3v) is 3.98. The summed E-state index contributed by atoms with van der Waals surface area (Å²) in [6, 6.07) is 0. The van der Waals surface area contributed by atoms with Crippen molar-refractivity contribution in [3.05, 3.63) is 16.7 Å². The van der Waals surface area contributed by atoms with Gasteiger partial charge in [0, 0.05) is 24.9 Å². The predicted octanol–water partition coefficient (Wildman–Crippen LogP) is 2.51. The zero-order chi connectivity index (χ0) is 11.1. The molecule has 16 heavy (non-hydrogen) atoms. The number of aromatic nitrogens is 2. The Morgan fingerprint density at radius 2 is 2.25 bits per heavy atom. The average molecular weight is 240 g/mol. The molecule has 88 valence electrons. The van der Waals surface area contributed by atoms with E-state index in [1.54, 1.807) is 0 Å². The number of nitrogens with zero attached hydrogens (tertiary/aromatic N) is 2. The van der Waals surface area contributed by atoms with Gasteiger partial charge in [0.15, 0.2) is 5.15 Å². The number of nitrogens with one attached hydrogen (secondary N) is 1. The van der Waals surface area contributed by atoms with Crippen LogP contribution in [0.2, 0.25) is 5.15 Å². The first kappa shape index (κ1) is 10.6. The van der Waals surface area contributed by atoms with Gasteiger partial charge < -0.3 is 9.88 Å². The first-order chi connectivity index (χ1) is 7.81. The molecule has 1 unspecified atom stereocenters. The second-order valence-corrected chi connectivity index (χ2v) is 5.33.